The van der Waals surface area contributed by atoms with Gasteiger partial charge >= 0.3 is 9.24 Å². The Hall–Kier alpha value is 0.237. The van der Waals surface area contributed by atoms with Crippen LogP contribution in [0.25, 0.3) is 0 Å². The summed E-state index contributed by atoms with van der Waals surface area (Å²) in [7, 11) is -8.56. The van der Waals surface area contributed by atoms with E-state index in [-0.39, 0.29) is 0 Å². The van der Waals surface area contributed by atoms with Gasteiger partial charge in [-0.1, -0.05) is 62.3 Å². The summed E-state index contributed by atoms with van der Waals surface area (Å²) in [6, 6.07) is 0. The molecule has 0 atom stereocenters. The van der Waals surface area contributed by atoms with Crippen LogP contribution in [0.2, 0.25) is 0 Å². The van der Waals surface area contributed by atoms with Crippen LogP contribution in [0.5, 0.6) is 0 Å². The highest BCUT2D eigenvalue weighted by Crippen LogP contribution is 2.77. The standard InChI is InChI=1S/C12H27F3NPSi/c1-10(2,3)17(11(4,5)6,12(7,8)9)16-18(13,14)15/h1-9H3. The van der Waals surface area contributed by atoms with Crippen molar-refractivity contribution in [2.24, 2.45) is 4.41 Å². The highest BCUT2D eigenvalue weighted by Gasteiger charge is 2.55. The maximum absolute atomic E-state index is 13.1. The SMILES string of the molecule is CC(C)(C)P(=N[Si](F)(F)F)(C(C)(C)C)C(C)(C)C. The smallest absolute Gasteiger partial charge is 0.247 e. The number of nitrogens with zero attached hydrogens (tertiary/aromatic N) is 1. The lowest BCUT2D eigenvalue weighted by Gasteiger charge is -2.54. The number of hydrogen-bond donors (Lipinski definition) is 0. The van der Waals surface area contributed by atoms with Gasteiger partial charge in [-0.2, -0.15) is 0 Å². The fraction of sp³-hybridized carbons (Fsp3) is 1.00. The number of halogens is 3. The molecule has 0 fully saturated rings. The van der Waals surface area contributed by atoms with Gasteiger partial charge in [-0.05, 0) is 22.5 Å². The van der Waals surface area contributed by atoms with Crippen LogP contribution in [0.15, 0.2) is 4.41 Å². The zero-order valence-electron chi connectivity index (χ0n) is 13.0. The second kappa shape index (κ2) is 4.66. The van der Waals surface area contributed by atoms with Crippen molar-refractivity contribution in [1.29, 1.82) is 0 Å². The van der Waals surface area contributed by atoms with Crippen molar-refractivity contribution in [3.63, 3.8) is 0 Å². The molecule has 0 aliphatic heterocycles. The monoisotopic (exact) mass is 301 g/mol. The third-order valence-corrected chi connectivity index (χ3v) is 11.1. The van der Waals surface area contributed by atoms with E-state index < -0.39 is 31.8 Å². The summed E-state index contributed by atoms with van der Waals surface area (Å²) in [5.74, 6) is 0. The van der Waals surface area contributed by atoms with Gasteiger partial charge in [0.2, 0.25) is 0 Å². The summed E-state index contributed by atoms with van der Waals surface area (Å²) in [6.45, 7) is 17.1. The Balaban J connectivity index is 6.59. The van der Waals surface area contributed by atoms with E-state index in [4.69, 9.17) is 0 Å². The molecule has 0 heterocycles. The molecular weight excluding hydrogens is 274 g/mol. The Labute approximate surface area is 111 Å². The summed E-state index contributed by atoms with van der Waals surface area (Å²) in [6.07, 6.45) is 0. The van der Waals surface area contributed by atoms with Gasteiger partial charge in [0.05, 0.1) is 0 Å². The van der Waals surface area contributed by atoms with Gasteiger partial charge in [0.1, 0.15) is 0 Å². The van der Waals surface area contributed by atoms with E-state index >= 15 is 0 Å². The first-order valence-electron chi connectivity index (χ1n) is 6.16. The molecule has 0 aromatic rings. The minimum Gasteiger partial charge on any atom is -0.247 e. The van der Waals surface area contributed by atoms with Gasteiger partial charge in [0.25, 0.3) is 0 Å². The van der Waals surface area contributed by atoms with Gasteiger partial charge in [-0.25, -0.2) is 16.7 Å². The molecule has 0 aromatic carbocycles. The topological polar surface area (TPSA) is 12.4 Å². The Morgan fingerprint density at radius 2 is 0.889 bits per heavy atom. The van der Waals surface area contributed by atoms with Crippen LogP contribution < -0.4 is 0 Å². The van der Waals surface area contributed by atoms with Gasteiger partial charge in [0.15, 0.2) is 0 Å². The molecule has 0 aliphatic rings. The molecule has 0 saturated carbocycles. The molecule has 0 aromatic heterocycles. The van der Waals surface area contributed by atoms with E-state index in [9.17, 15) is 12.3 Å². The second-order valence-corrected chi connectivity index (χ2v) is 14.7. The fourth-order valence-corrected chi connectivity index (χ4v) is 14.6. The molecule has 0 bridgehead atoms. The van der Waals surface area contributed by atoms with E-state index in [2.05, 4.69) is 4.41 Å². The Bertz CT molecular complexity index is 311. The van der Waals surface area contributed by atoms with Gasteiger partial charge in [-0.15, -0.1) is 0 Å². The van der Waals surface area contributed by atoms with Crippen molar-refractivity contribution in [3.05, 3.63) is 0 Å². The molecule has 0 rings (SSSR count). The first-order valence-corrected chi connectivity index (χ1v) is 9.48. The van der Waals surface area contributed by atoms with Crippen LogP contribution in [0, 0.1) is 0 Å². The molecule has 0 amide bonds. The van der Waals surface area contributed by atoms with Crippen molar-refractivity contribution in [3.8, 4) is 0 Å². The number of hydrogen-bond acceptors (Lipinski definition) is 1. The fourth-order valence-electron chi connectivity index (χ4n) is 3.64. The van der Waals surface area contributed by atoms with Crippen molar-refractivity contribution < 1.29 is 12.3 Å². The average Bonchev–Trinajstić information content (AvgIpc) is 1.90. The molecule has 0 unspecified atom stereocenters. The van der Waals surface area contributed by atoms with Gasteiger partial charge < -0.3 is 0 Å². The minimum atomic E-state index is -5.95. The molecule has 18 heavy (non-hydrogen) atoms. The molecule has 0 spiro atoms. The maximum atomic E-state index is 13.1. The van der Waals surface area contributed by atoms with Crippen molar-refractivity contribution in [2.45, 2.75) is 77.8 Å². The molecule has 110 valence electrons. The summed E-state index contributed by atoms with van der Waals surface area (Å²) in [5.41, 5.74) is 0. The molecule has 0 aliphatic carbocycles. The first kappa shape index (κ1) is 18.2. The van der Waals surface area contributed by atoms with E-state index in [0.29, 0.717) is 0 Å². The van der Waals surface area contributed by atoms with Crippen LogP contribution in [0.3, 0.4) is 0 Å². The lowest BCUT2D eigenvalue weighted by atomic mass is 10.2. The van der Waals surface area contributed by atoms with E-state index in [1.807, 2.05) is 62.3 Å². The average molecular weight is 301 g/mol. The number of rotatable bonds is 1. The summed E-state index contributed by atoms with van der Waals surface area (Å²) in [5, 5.41) is -1.36. The summed E-state index contributed by atoms with van der Waals surface area (Å²) in [4.78, 5) is 0. The normalized spacial score (nSPS) is 15.8. The third-order valence-electron chi connectivity index (χ3n) is 3.18. The Morgan fingerprint density at radius 3 is 0.944 bits per heavy atom. The first-order chi connectivity index (χ1) is 7.46. The lowest BCUT2D eigenvalue weighted by Crippen LogP contribution is -2.40. The quantitative estimate of drug-likeness (QED) is 0.323. The lowest BCUT2D eigenvalue weighted by molar-refractivity contribution is 0.474. The van der Waals surface area contributed by atoms with Crippen molar-refractivity contribution in [1.82, 2.24) is 0 Å². The van der Waals surface area contributed by atoms with E-state index in [1.165, 1.54) is 0 Å². The van der Waals surface area contributed by atoms with Gasteiger partial charge in [-0.3, -0.25) is 0 Å². The van der Waals surface area contributed by atoms with Crippen LogP contribution in [0.1, 0.15) is 62.3 Å². The van der Waals surface area contributed by atoms with Crippen LogP contribution in [-0.4, -0.2) is 24.7 Å². The van der Waals surface area contributed by atoms with E-state index in [1.54, 1.807) is 0 Å². The van der Waals surface area contributed by atoms with Crippen molar-refractivity contribution >= 4 is 16.3 Å². The minimum absolute atomic E-state index is 0.452. The molecular formula is C12H27F3NPSi. The highest BCUT2D eigenvalue weighted by molar-refractivity contribution is 7.71. The molecule has 0 radical (unpaired) electrons. The highest BCUT2D eigenvalue weighted by atomic mass is 31.2. The van der Waals surface area contributed by atoms with Crippen molar-refractivity contribution in [2.75, 3.05) is 0 Å². The van der Waals surface area contributed by atoms with Gasteiger partial charge in [0, 0.05) is 0 Å². The zero-order valence-corrected chi connectivity index (χ0v) is 14.9. The Morgan fingerprint density at radius 1 is 0.667 bits per heavy atom. The predicted octanol–water partition coefficient (Wildman–Crippen LogP) is 5.93. The Kier molecular flexibility index (Phi) is 4.72. The van der Waals surface area contributed by atoms with Crippen LogP contribution in [-0.2, 0) is 0 Å². The largest absolute Gasteiger partial charge is 0.772 e. The predicted molar refractivity (Wildman–Crippen MR) is 77.7 cm³/mol. The summed E-state index contributed by atoms with van der Waals surface area (Å²) >= 11 is 0. The van der Waals surface area contributed by atoms with Crippen LogP contribution in [0.4, 0.5) is 12.3 Å². The zero-order chi connectivity index (χ0) is 15.2. The molecule has 0 N–H and O–H groups in total. The maximum Gasteiger partial charge on any atom is 0.772 e. The summed E-state index contributed by atoms with van der Waals surface area (Å²) < 4.78 is 43.0. The van der Waals surface area contributed by atoms with E-state index in [0.717, 1.165) is 0 Å². The third kappa shape index (κ3) is 3.41. The molecule has 6 heteroatoms. The van der Waals surface area contributed by atoms with Crippen LogP contribution >= 0.6 is 7.05 Å². The second-order valence-electron chi connectivity index (χ2n) is 7.72. The molecule has 1 nitrogen and oxygen atoms in total. The molecule has 0 saturated heterocycles.